The minimum atomic E-state index is 0.202. The van der Waals surface area contributed by atoms with Crippen LogP contribution in [0.3, 0.4) is 0 Å². The number of nitrogens with zero attached hydrogens (tertiary/aromatic N) is 3. The van der Waals surface area contributed by atoms with Crippen molar-refractivity contribution < 1.29 is 4.74 Å². The molecule has 0 radical (unpaired) electrons. The van der Waals surface area contributed by atoms with Gasteiger partial charge in [0.2, 0.25) is 0 Å². The summed E-state index contributed by atoms with van der Waals surface area (Å²) in [7, 11) is 1.68. The van der Waals surface area contributed by atoms with Gasteiger partial charge >= 0.3 is 0 Å². The van der Waals surface area contributed by atoms with E-state index >= 15 is 0 Å². The van der Waals surface area contributed by atoms with Gasteiger partial charge in [0.1, 0.15) is 11.4 Å². The molecule has 5 heteroatoms. The quantitative estimate of drug-likeness (QED) is 0.910. The van der Waals surface area contributed by atoms with Crippen molar-refractivity contribution in [3.05, 3.63) is 35.2 Å². The summed E-state index contributed by atoms with van der Waals surface area (Å²) in [6, 6.07) is 6.21. The van der Waals surface area contributed by atoms with Gasteiger partial charge in [0, 0.05) is 0 Å². The fourth-order valence-electron chi connectivity index (χ4n) is 2.38. The van der Waals surface area contributed by atoms with Gasteiger partial charge in [0.05, 0.1) is 24.5 Å². The van der Waals surface area contributed by atoms with Crippen LogP contribution >= 0.6 is 0 Å². The largest absolute Gasteiger partial charge is 0.496 e. The predicted octanol–water partition coefficient (Wildman–Crippen LogP) is 2.56. The van der Waals surface area contributed by atoms with Gasteiger partial charge in [-0.05, 0) is 51.1 Å². The second-order valence-electron chi connectivity index (χ2n) is 4.91. The van der Waals surface area contributed by atoms with E-state index in [1.807, 2.05) is 30.7 Å². The molecule has 0 bridgehead atoms. The van der Waals surface area contributed by atoms with E-state index in [1.54, 1.807) is 7.11 Å². The third kappa shape index (κ3) is 2.67. The first-order chi connectivity index (χ1) is 9.58. The summed E-state index contributed by atoms with van der Waals surface area (Å²) in [5, 5.41) is 11.9. The molecule has 0 fully saturated rings. The molecule has 0 aliphatic heterocycles. The third-order valence-electron chi connectivity index (χ3n) is 3.47. The Morgan fingerprint density at radius 3 is 2.70 bits per heavy atom. The van der Waals surface area contributed by atoms with Crippen molar-refractivity contribution in [3.8, 4) is 11.4 Å². The highest BCUT2D eigenvalue weighted by atomic mass is 16.5. The zero-order chi connectivity index (χ0) is 14.7. The van der Waals surface area contributed by atoms with Gasteiger partial charge in [-0.15, -0.1) is 5.10 Å². The number of aryl methyl sites for hydroxylation is 1. The summed E-state index contributed by atoms with van der Waals surface area (Å²) >= 11 is 0. The molecule has 1 N–H and O–H groups in total. The Labute approximate surface area is 120 Å². The Morgan fingerprint density at radius 1 is 1.35 bits per heavy atom. The van der Waals surface area contributed by atoms with Crippen LogP contribution in [-0.2, 0) is 0 Å². The molecule has 2 aromatic rings. The van der Waals surface area contributed by atoms with Crippen molar-refractivity contribution in [1.82, 2.24) is 20.3 Å². The van der Waals surface area contributed by atoms with E-state index < -0.39 is 0 Å². The number of benzene rings is 1. The van der Waals surface area contributed by atoms with E-state index in [0.717, 1.165) is 34.9 Å². The fraction of sp³-hybridized carbons (Fsp3) is 0.467. The van der Waals surface area contributed by atoms with Gasteiger partial charge in [-0.3, -0.25) is 0 Å². The van der Waals surface area contributed by atoms with Crippen LogP contribution in [0, 0.1) is 13.8 Å². The lowest BCUT2D eigenvalue weighted by atomic mass is 10.1. The molecule has 0 amide bonds. The fourth-order valence-corrected chi connectivity index (χ4v) is 2.38. The number of aromatic nitrogens is 3. The number of hydrogen-bond donors (Lipinski definition) is 1. The normalized spacial score (nSPS) is 12.4. The van der Waals surface area contributed by atoms with Crippen molar-refractivity contribution in [2.45, 2.75) is 33.7 Å². The second kappa shape index (κ2) is 6.05. The highest BCUT2D eigenvalue weighted by molar-refractivity contribution is 5.44. The molecule has 108 valence electrons. The molecule has 1 atom stereocenters. The van der Waals surface area contributed by atoms with Gasteiger partial charge in [0.25, 0.3) is 0 Å². The van der Waals surface area contributed by atoms with Crippen molar-refractivity contribution in [2.75, 3.05) is 13.7 Å². The Balaban J connectivity index is 2.36. The first-order valence-corrected chi connectivity index (χ1v) is 6.89. The molecule has 5 nitrogen and oxygen atoms in total. The molecule has 1 aromatic carbocycles. The second-order valence-corrected chi connectivity index (χ2v) is 4.91. The van der Waals surface area contributed by atoms with Crippen molar-refractivity contribution >= 4 is 0 Å². The van der Waals surface area contributed by atoms with Crippen LogP contribution < -0.4 is 10.1 Å². The summed E-state index contributed by atoms with van der Waals surface area (Å²) in [6.07, 6.45) is 0. The number of hydrogen-bond acceptors (Lipinski definition) is 4. The molecule has 0 saturated carbocycles. The Morgan fingerprint density at radius 2 is 2.10 bits per heavy atom. The number of rotatable bonds is 5. The van der Waals surface area contributed by atoms with Crippen molar-refractivity contribution in [3.63, 3.8) is 0 Å². The van der Waals surface area contributed by atoms with Crippen molar-refractivity contribution in [1.29, 1.82) is 0 Å². The lowest BCUT2D eigenvalue weighted by molar-refractivity contribution is 0.411. The third-order valence-corrected chi connectivity index (χ3v) is 3.47. The molecule has 0 aliphatic rings. The summed E-state index contributed by atoms with van der Waals surface area (Å²) in [5.74, 6) is 0.882. The molecule has 1 unspecified atom stereocenters. The Hall–Kier alpha value is -1.88. The van der Waals surface area contributed by atoms with E-state index in [1.165, 1.54) is 0 Å². The molecular formula is C15H22N4O. The van der Waals surface area contributed by atoms with Gasteiger partial charge in [-0.25, -0.2) is 4.68 Å². The molecule has 0 spiro atoms. The van der Waals surface area contributed by atoms with Crippen LogP contribution in [0.15, 0.2) is 18.2 Å². The Kier molecular flexibility index (Phi) is 4.39. The summed E-state index contributed by atoms with van der Waals surface area (Å²) in [5.41, 5.74) is 4.13. The van der Waals surface area contributed by atoms with E-state index in [4.69, 9.17) is 4.74 Å². The van der Waals surface area contributed by atoms with Gasteiger partial charge < -0.3 is 10.1 Å². The molecule has 1 heterocycles. The molecule has 0 aliphatic carbocycles. The number of nitrogens with one attached hydrogen (secondary N) is 1. The summed E-state index contributed by atoms with van der Waals surface area (Å²) < 4.78 is 7.16. The minimum Gasteiger partial charge on any atom is -0.496 e. The zero-order valence-corrected chi connectivity index (χ0v) is 12.8. The van der Waals surface area contributed by atoms with Crippen LogP contribution in [0.4, 0.5) is 0 Å². The SMILES string of the molecule is CCNC(C)c1nnn(-c2ccc(OC)c(C)c2)c1C. The van der Waals surface area contributed by atoms with Crippen LogP contribution in [0.1, 0.15) is 36.8 Å². The number of methoxy groups -OCH3 is 1. The van der Waals surface area contributed by atoms with Crippen LogP contribution in [0.25, 0.3) is 5.69 Å². The van der Waals surface area contributed by atoms with Gasteiger partial charge in [-0.1, -0.05) is 12.1 Å². The predicted molar refractivity (Wildman–Crippen MR) is 79.5 cm³/mol. The zero-order valence-electron chi connectivity index (χ0n) is 12.8. The lowest BCUT2D eigenvalue weighted by Gasteiger charge is -2.11. The molecule has 20 heavy (non-hydrogen) atoms. The van der Waals surface area contributed by atoms with Crippen LogP contribution in [-0.4, -0.2) is 28.6 Å². The van der Waals surface area contributed by atoms with Crippen molar-refractivity contribution in [2.24, 2.45) is 0 Å². The first-order valence-electron chi connectivity index (χ1n) is 6.89. The molecule has 1 aromatic heterocycles. The average molecular weight is 274 g/mol. The first kappa shape index (κ1) is 14.5. The maximum atomic E-state index is 5.29. The molecule has 2 rings (SSSR count). The average Bonchev–Trinajstić information content (AvgIpc) is 2.81. The van der Waals surface area contributed by atoms with E-state index in [0.29, 0.717) is 0 Å². The maximum Gasteiger partial charge on any atom is 0.121 e. The standard InChI is InChI=1S/C15H22N4O/c1-6-16-11(3)15-12(4)19(18-17-15)13-7-8-14(20-5)10(2)9-13/h7-9,11,16H,6H2,1-5H3. The maximum absolute atomic E-state index is 5.29. The monoisotopic (exact) mass is 274 g/mol. The van der Waals surface area contributed by atoms with Gasteiger partial charge in [0.15, 0.2) is 0 Å². The minimum absolute atomic E-state index is 0.202. The van der Waals surface area contributed by atoms with Crippen LogP contribution in [0.2, 0.25) is 0 Å². The van der Waals surface area contributed by atoms with Crippen LogP contribution in [0.5, 0.6) is 5.75 Å². The number of ether oxygens (including phenoxy) is 1. The Bertz CT molecular complexity index is 592. The smallest absolute Gasteiger partial charge is 0.121 e. The molecule has 0 saturated heterocycles. The van der Waals surface area contributed by atoms with E-state index in [-0.39, 0.29) is 6.04 Å². The van der Waals surface area contributed by atoms with E-state index in [2.05, 4.69) is 35.5 Å². The highest BCUT2D eigenvalue weighted by Crippen LogP contribution is 2.23. The highest BCUT2D eigenvalue weighted by Gasteiger charge is 2.15. The van der Waals surface area contributed by atoms with Gasteiger partial charge in [-0.2, -0.15) is 0 Å². The molecular weight excluding hydrogens is 252 g/mol. The van der Waals surface area contributed by atoms with E-state index in [9.17, 15) is 0 Å². The summed E-state index contributed by atoms with van der Waals surface area (Å²) in [4.78, 5) is 0. The summed E-state index contributed by atoms with van der Waals surface area (Å²) in [6.45, 7) is 9.17. The topological polar surface area (TPSA) is 52.0 Å². The lowest BCUT2D eigenvalue weighted by Crippen LogP contribution is -2.19.